The molecule has 0 aliphatic rings. The fourth-order valence-corrected chi connectivity index (χ4v) is 1.24. The molecule has 0 aliphatic heterocycles. The summed E-state index contributed by atoms with van der Waals surface area (Å²) in [5.41, 5.74) is 9.27. The smallest absolute Gasteiger partial charge is 0.224 e. The minimum atomic E-state index is -0.562. The molecule has 0 rings (SSSR count). The van der Waals surface area contributed by atoms with Crippen LogP contribution >= 0.6 is 0 Å². The molecule has 10 nitrogen and oxygen atoms in total. The zero-order valence-corrected chi connectivity index (χ0v) is 19.3. The van der Waals surface area contributed by atoms with Crippen molar-refractivity contribution in [3.63, 3.8) is 0 Å². The Bertz CT molecular complexity index is 389. The molecule has 6 N–H and O–H groups in total. The van der Waals surface area contributed by atoms with E-state index in [0.29, 0.717) is 6.61 Å². The van der Waals surface area contributed by atoms with Crippen LogP contribution in [0.15, 0.2) is 0 Å². The molecule has 0 fully saturated rings. The van der Waals surface area contributed by atoms with Gasteiger partial charge in [0, 0.05) is 13.2 Å². The molecule has 0 bridgehead atoms. The minimum Gasteiger partial charge on any atom is -0.394 e. The fraction of sp³-hybridized carbons (Fsp3) is 0.800. The van der Waals surface area contributed by atoms with Crippen LogP contribution in [0.3, 0.4) is 0 Å². The number of hydrogen-bond acceptors (Lipinski definition) is 8. The highest BCUT2D eigenvalue weighted by Gasteiger charge is 2.00. The highest BCUT2D eigenvalue weighted by atomic mass is 16.5. The van der Waals surface area contributed by atoms with E-state index in [1.165, 1.54) is 13.8 Å². The highest BCUT2D eigenvalue weighted by Crippen LogP contribution is 1.90. The van der Waals surface area contributed by atoms with Gasteiger partial charge in [-0.05, 0) is 40.5 Å². The van der Waals surface area contributed by atoms with Crippen molar-refractivity contribution in [1.82, 2.24) is 0 Å². The molecule has 180 valence electrons. The second kappa shape index (κ2) is 27.1. The molecule has 0 aromatic heterocycles. The molecule has 2 unspecified atom stereocenters. The van der Waals surface area contributed by atoms with Crippen LogP contribution in [0.25, 0.3) is 0 Å². The lowest BCUT2D eigenvalue weighted by Gasteiger charge is -2.10. The van der Waals surface area contributed by atoms with E-state index >= 15 is 0 Å². The average molecular weight is 439 g/mol. The third-order valence-electron chi connectivity index (χ3n) is 2.42. The number of hydrogen-bond donors (Lipinski definition) is 4. The summed E-state index contributed by atoms with van der Waals surface area (Å²) in [5.74, 6) is -1.50. The Morgan fingerprint density at radius 1 is 0.867 bits per heavy atom. The fourth-order valence-electron chi connectivity index (χ4n) is 1.24. The number of carbonyl (C=O) groups excluding carboxylic acids is 4. The normalized spacial score (nSPS) is 11.2. The van der Waals surface area contributed by atoms with Crippen molar-refractivity contribution in [3.05, 3.63) is 0 Å². The number of carbonyl (C=O) groups is 4. The number of ether oxygens (including phenoxy) is 2. The standard InChI is InChI=1S/C6H14O3.C6H14O.2C4H7NO2/c1-5(8)4-9-6(2)3-7;1-3-5-7-6-4-2;2*1-3(6)2-4(5)7/h5-8H,3-4H2,1-2H3;3-6H2,1-2H3;2*2H2,1H3,(H2,5,7). The van der Waals surface area contributed by atoms with Gasteiger partial charge in [-0.25, -0.2) is 0 Å². The van der Waals surface area contributed by atoms with E-state index in [-0.39, 0.29) is 37.1 Å². The van der Waals surface area contributed by atoms with E-state index in [1.54, 1.807) is 13.8 Å². The van der Waals surface area contributed by atoms with Gasteiger partial charge in [-0.2, -0.15) is 0 Å². The Morgan fingerprint density at radius 3 is 1.40 bits per heavy atom. The van der Waals surface area contributed by atoms with E-state index in [1.807, 2.05) is 0 Å². The summed E-state index contributed by atoms with van der Waals surface area (Å²) >= 11 is 0. The number of amides is 2. The molecule has 0 saturated heterocycles. The predicted octanol–water partition coefficient (Wildman–Crippen LogP) is 0.489. The van der Waals surface area contributed by atoms with Crippen molar-refractivity contribution >= 4 is 23.4 Å². The summed E-state index contributed by atoms with van der Waals surface area (Å²) in [7, 11) is 0. The lowest BCUT2D eigenvalue weighted by molar-refractivity contribution is -0.126. The number of ketones is 2. The van der Waals surface area contributed by atoms with Crippen LogP contribution < -0.4 is 11.5 Å². The molecular weight excluding hydrogens is 396 g/mol. The Balaban J connectivity index is -0.000000151. The number of primary amides is 2. The van der Waals surface area contributed by atoms with E-state index in [0.717, 1.165) is 26.1 Å². The van der Waals surface area contributed by atoms with Gasteiger partial charge in [-0.1, -0.05) is 13.8 Å². The molecule has 0 saturated carbocycles. The van der Waals surface area contributed by atoms with Crippen molar-refractivity contribution in [2.75, 3.05) is 26.4 Å². The number of Topliss-reactive ketones (excluding diaryl/α,β-unsaturated/α-hetero) is 2. The van der Waals surface area contributed by atoms with Crippen molar-refractivity contribution in [2.24, 2.45) is 11.5 Å². The largest absolute Gasteiger partial charge is 0.394 e. The third kappa shape index (κ3) is 56.2. The van der Waals surface area contributed by atoms with Crippen LogP contribution in [-0.4, -0.2) is 72.2 Å². The van der Waals surface area contributed by atoms with Gasteiger partial charge in [-0.15, -0.1) is 0 Å². The van der Waals surface area contributed by atoms with Gasteiger partial charge in [0.2, 0.25) is 11.8 Å². The first-order valence-corrected chi connectivity index (χ1v) is 9.87. The lowest BCUT2D eigenvalue weighted by Crippen LogP contribution is -2.19. The molecule has 0 spiro atoms. The molecule has 0 aromatic rings. The number of rotatable bonds is 12. The first kappa shape index (κ1) is 35.6. The highest BCUT2D eigenvalue weighted by molar-refractivity contribution is 5.96. The quantitative estimate of drug-likeness (QED) is 0.251. The Labute approximate surface area is 180 Å². The van der Waals surface area contributed by atoms with Gasteiger partial charge in [0.25, 0.3) is 0 Å². The maximum atomic E-state index is 9.95. The Kier molecular flexibility index (Phi) is 32.1. The van der Waals surface area contributed by atoms with Gasteiger partial charge in [-0.3, -0.25) is 19.2 Å². The number of aliphatic hydroxyl groups excluding tert-OH is 2. The SMILES string of the molecule is CC(=O)CC(N)=O.CC(=O)CC(N)=O.CC(O)COC(C)CO.CCCOCCC. The molecule has 2 amide bonds. The molecule has 2 atom stereocenters. The van der Waals surface area contributed by atoms with Crippen LogP contribution in [0.5, 0.6) is 0 Å². The van der Waals surface area contributed by atoms with Gasteiger partial charge >= 0.3 is 0 Å². The summed E-state index contributed by atoms with van der Waals surface area (Å²) in [4.78, 5) is 39.5. The molecular formula is C20H42N2O8. The van der Waals surface area contributed by atoms with Crippen molar-refractivity contribution in [1.29, 1.82) is 0 Å². The summed E-state index contributed by atoms with van der Waals surface area (Å²) < 4.78 is 10.1. The Morgan fingerprint density at radius 2 is 1.23 bits per heavy atom. The molecule has 10 heteroatoms. The molecule has 0 aromatic carbocycles. The van der Waals surface area contributed by atoms with Crippen molar-refractivity contribution in [3.8, 4) is 0 Å². The maximum absolute atomic E-state index is 9.95. The van der Waals surface area contributed by atoms with Crippen LogP contribution in [-0.2, 0) is 28.7 Å². The third-order valence-corrected chi connectivity index (χ3v) is 2.42. The van der Waals surface area contributed by atoms with E-state index in [2.05, 4.69) is 25.3 Å². The molecule has 30 heavy (non-hydrogen) atoms. The lowest BCUT2D eigenvalue weighted by atomic mass is 10.3. The van der Waals surface area contributed by atoms with Gasteiger partial charge in [0.1, 0.15) is 11.6 Å². The Hall–Kier alpha value is -1.88. The summed E-state index contributed by atoms with van der Waals surface area (Å²) in [6.45, 7) is 12.4. The number of nitrogens with two attached hydrogens (primary N) is 2. The van der Waals surface area contributed by atoms with E-state index in [4.69, 9.17) is 19.7 Å². The zero-order chi connectivity index (χ0) is 24.5. The predicted molar refractivity (Wildman–Crippen MR) is 115 cm³/mol. The molecule has 0 aliphatic carbocycles. The van der Waals surface area contributed by atoms with E-state index in [9.17, 15) is 19.2 Å². The topological polar surface area (TPSA) is 179 Å². The summed E-state index contributed by atoms with van der Waals surface area (Å²) in [6, 6.07) is 0. The van der Waals surface area contributed by atoms with Crippen LogP contribution in [0, 0.1) is 0 Å². The van der Waals surface area contributed by atoms with Crippen LogP contribution in [0.2, 0.25) is 0 Å². The van der Waals surface area contributed by atoms with Gasteiger partial charge in [0.05, 0.1) is 38.3 Å². The summed E-state index contributed by atoms with van der Waals surface area (Å²) in [5, 5.41) is 17.1. The first-order valence-electron chi connectivity index (χ1n) is 9.87. The second-order valence-electron chi connectivity index (χ2n) is 6.48. The first-order chi connectivity index (χ1) is 13.8. The summed E-state index contributed by atoms with van der Waals surface area (Å²) in [6.07, 6.45) is 1.39. The number of aliphatic hydroxyl groups is 2. The van der Waals surface area contributed by atoms with E-state index < -0.39 is 17.9 Å². The minimum absolute atomic E-state index is 0.00667. The van der Waals surface area contributed by atoms with Crippen LogP contribution in [0.1, 0.15) is 67.2 Å². The average Bonchev–Trinajstić information content (AvgIpc) is 2.59. The van der Waals surface area contributed by atoms with Gasteiger partial charge in [0.15, 0.2) is 0 Å². The van der Waals surface area contributed by atoms with Crippen molar-refractivity contribution in [2.45, 2.75) is 79.4 Å². The monoisotopic (exact) mass is 438 g/mol. The van der Waals surface area contributed by atoms with Gasteiger partial charge < -0.3 is 31.2 Å². The van der Waals surface area contributed by atoms with Crippen LogP contribution in [0.4, 0.5) is 0 Å². The second-order valence-corrected chi connectivity index (χ2v) is 6.48. The van der Waals surface area contributed by atoms with Crippen molar-refractivity contribution < 1.29 is 38.9 Å². The maximum Gasteiger partial charge on any atom is 0.224 e. The zero-order valence-electron chi connectivity index (χ0n) is 19.3. The molecule has 0 radical (unpaired) electrons. The molecule has 0 heterocycles.